The summed E-state index contributed by atoms with van der Waals surface area (Å²) in [5.41, 5.74) is 2.24. The summed E-state index contributed by atoms with van der Waals surface area (Å²) < 4.78 is 5.51. The lowest BCUT2D eigenvalue weighted by molar-refractivity contribution is -0.123. The highest BCUT2D eigenvalue weighted by Gasteiger charge is 2.13. The van der Waals surface area contributed by atoms with Crippen molar-refractivity contribution in [3.05, 3.63) is 53.7 Å². The zero-order valence-electron chi connectivity index (χ0n) is 14.7. The number of carbonyl (C=O) groups excluding carboxylic acids is 1. The summed E-state index contributed by atoms with van der Waals surface area (Å²) >= 11 is 0. The maximum atomic E-state index is 11.9. The van der Waals surface area contributed by atoms with Crippen LogP contribution in [0.25, 0.3) is 0 Å². The van der Waals surface area contributed by atoms with Gasteiger partial charge in [-0.15, -0.1) is 0 Å². The average Bonchev–Trinajstić information content (AvgIpc) is 3.20. The van der Waals surface area contributed by atoms with Crippen molar-refractivity contribution < 1.29 is 9.53 Å². The molecule has 5 nitrogen and oxygen atoms in total. The number of amides is 1. The Kier molecular flexibility index (Phi) is 5.88. The van der Waals surface area contributed by atoms with Gasteiger partial charge >= 0.3 is 0 Å². The fraction of sp³-hybridized carbons (Fsp3) is 0.400. The van der Waals surface area contributed by atoms with Gasteiger partial charge in [0, 0.05) is 25.8 Å². The molecular weight excluding hydrogens is 314 g/mol. The maximum absolute atomic E-state index is 11.9. The Morgan fingerprint density at radius 3 is 2.48 bits per heavy atom. The Morgan fingerprint density at radius 2 is 1.84 bits per heavy atom. The van der Waals surface area contributed by atoms with E-state index in [1.54, 1.807) is 0 Å². The van der Waals surface area contributed by atoms with Gasteiger partial charge in [-0.25, -0.2) is 4.98 Å². The number of ether oxygens (including phenoxy) is 1. The van der Waals surface area contributed by atoms with Gasteiger partial charge in [0.2, 0.25) is 0 Å². The molecule has 2 aromatic rings. The van der Waals surface area contributed by atoms with E-state index in [0.29, 0.717) is 12.3 Å². The topological polar surface area (TPSA) is 54.5 Å². The largest absolute Gasteiger partial charge is 0.484 e. The average molecular weight is 339 g/mol. The molecule has 1 saturated heterocycles. The summed E-state index contributed by atoms with van der Waals surface area (Å²) in [6.07, 6.45) is 5.30. The lowest BCUT2D eigenvalue weighted by Crippen LogP contribution is -2.28. The van der Waals surface area contributed by atoms with Crippen LogP contribution in [0.4, 0.5) is 5.82 Å². The molecule has 0 unspecified atom stereocenters. The van der Waals surface area contributed by atoms with Crippen LogP contribution >= 0.6 is 0 Å². The van der Waals surface area contributed by atoms with Crippen molar-refractivity contribution in [1.82, 2.24) is 10.3 Å². The van der Waals surface area contributed by atoms with E-state index in [1.807, 2.05) is 42.6 Å². The molecule has 0 saturated carbocycles. The van der Waals surface area contributed by atoms with E-state index in [2.05, 4.69) is 22.1 Å². The molecule has 0 atom stereocenters. The predicted octanol–water partition coefficient (Wildman–Crippen LogP) is 2.94. The number of benzene rings is 1. The number of nitrogens with one attached hydrogen (secondary N) is 1. The quantitative estimate of drug-likeness (QED) is 0.843. The van der Waals surface area contributed by atoms with Crippen molar-refractivity contribution >= 4 is 11.7 Å². The monoisotopic (exact) mass is 339 g/mol. The molecule has 0 radical (unpaired) electrons. The highest BCUT2D eigenvalue weighted by atomic mass is 16.5. The fourth-order valence-corrected chi connectivity index (χ4v) is 2.88. The van der Waals surface area contributed by atoms with E-state index in [-0.39, 0.29) is 12.5 Å². The number of nitrogens with zero attached hydrogens (tertiary/aromatic N) is 2. The van der Waals surface area contributed by atoms with E-state index < -0.39 is 0 Å². The van der Waals surface area contributed by atoms with E-state index in [9.17, 15) is 4.79 Å². The van der Waals surface area contributed by atoms with Crippen LogP contribution in [0.1, 0.15) is 30.9 Å². The molecule has 1 N–H and O–H groups in total. The van der Waals surface area contributed by atoms with Gasteiger partial charge in [-0.2, -0.15) is 0 Å². The lowest BCUT2D eigenvalue weighted by atomic mass is 10.2. The zero-order chi connectivity index (χ0) is 17.5. The molecule has 1 aromatic heterocycles. The maximum Gasteiger partial charge on any atom is 0.258 e. The van der Waals surface area contributed by atoms with Crippen LogP contribution in [0.5, 0.6) is 5.75 Å². The molecule has 132 valence electrons. The van der Waals surface area contributed by atoms with Crippen LogP contribution in [0, 0.1) is 0 Å². The Morgan fingerprint density at radius 1 is 1.12 bits per heavy atom. The lowest BCUT2D eigenvalue weighted by Gasteiger charge is -2.16. The number of anilines is 1. The standard InChI is InChI=1S/C20H25N3O2/c1-2-16-5-8-18(9-6-16)25-15-20(24)22-14-17-7-10-19(21-13-17)23-11-3-4-12-23/h5-10,13H,2-4,11-12,14-15H2,1H3,(H,22,24). The number of aryl methyl sites for hydroxylation is 1. The van der Waals surface area contributed by atoms with Crippen molar-refractivity contribution in [2.45, 2.75) is 32.7 Å². The fourth-order valence-electron chi connectivity index (χ4n) is 2.88. The van der Waals surface area contributed by atoms with Crippen LogP contribution in [-0.4, -0.2) is 30.6 Å². The number of hydrogen-bond donors (Lipinski definition) is 1. The summed E-state index contributed by atoms with van der Waals surface area (Å²) in [5.74, 6) is 1.60. The number of aromatic nitrogens is 1. The van der Waals surface area contributed by atoms with Gasteiger partial charge in [-0.05, 0) is 48.6 Å². The Hall–Kier alpha value is -2.56. The third-order valence-corrected chi connectivity index (χ3v) is 4.43. The van der Waals surface area contributed by atoms with E-state index in [1.165, 1.54) is 18.4 Å². The molecule has 0 aliphatic carbocycles. The van der Waals surface area contributed by atoms with Crippen molar-refractivity contribution in [2.24, 2.45) is 0 Å². The van der Waals surface area contributed by atoms with Crippen LogP contribution in [-0.2, 0) is 17.8 Å². The summed E-state index contributed by atoms with van der Waals surface area (Å²) in [7, 11) is 0. The second-order valence-corrected chi connectivity index (χ2v) is 6.28. The van der Waals surface area contributed by atoms with E-state index >= 15 is 0 Å². The predicted molar refractivity (Wildman–Crippen MR) is 98.8 cm³/mol. The highest BCUT2D eigenvalue weighted by Crippen LogP contribution is 2.17. The first-order valence-corrected chi connectivity index (χ1v) is 8.93. The highest BCUT2D eigenvalue weighted by molar-refractivity contribution is 5.77. The molecule has 0 bridgehead atoms. The van der Waals surface area contributed by atoms with Gasteiger partial charge in [0.05, 0.1) is 0 Å². The minimum Gasteiger partial charge on any atom is -0.484 e. The molecule has 1 aliphatic rings. The second kappa shape index (κ2) is 8.51. The van der Waals surface area contributed by atoms with Gasteiger partial charge in [0.15, 0.2) is 6.61 Å². The minimum atomic E-state index is -0.136. The SMILES string of the molecule is CCc1ccc(OCC(=O)NCc2ccc(N3CCCC3)nc2)cc1. The number of rotatable bonds is 7. The van der Waals surface area contributed by atoms with E-state index in [0.717, 1.165) is 30.9 Å². The van der Waals surface area contributed by atoms with Gasteiger partial charge in [-0.3, -0.25) is 4.79 Å². The zero-order valence-corrected chi connectivity index (χ0v) is 14.7. The molecular formula is C20H25N3O2. The molecule has 1 aromatic carbocycles. The van der Waals surface area contributed by atoms with Crippen LogP contribution in [0.2, 0.25) is 0 Å². The van der Waals surface area contributed by atoms with Crippen molar-refractivity contribution in [3.63, 3.8) is 0 Å². The third kappa shape index (κ3) is 4.95. The van der Waals surface area contributed by atoms with Gasteiger partial charge in [0.25, 0.3) is 5.91 Å². The van der Waals surface area contributed by atoms with Crippen LogP contribution in [0.3, 0.4) is 0 Å². The van der Waals surface area contributed by atoms with Gasteiger partial charge < -0.3 is 15.0 Å². The summed E-state index contributed by atoms with van der Waals surface area (Å²) in [5, 5.41) is 2.86. The first-order valence-electron chi connectivity index (χ1n) is 8.93. The number of hydrogen-bond acceptors (Lipinski definition) is 4. The van der Waals surface area contributed by atoms with E-state index in [4.69, 9.17) is 4.74 Å². The second-order valence-electron chi connectivity index (χ2n) is 6.28. The summed E-state index contributed by atoms with van der Waals surface area (Å²) in [4.78, 5) is 18.7. The molecule has 25 heavy (non-hydrogen) atoms. The van der Waals surface area contributed by atoms with Gasteiger partial charge in [-0.1, -0.05) is 25.1 Å². The molecule has 0 spiro atoms. The number of pyridine rings is 1. The molecule has 3 rings (SSSR count). The number of carbonyl (C=O) groups is 1. The summed E-state index contributed by atoms with van der Waals surface area (Å²) in [6, 6.07) is 11.9. The van der Waals surface area contributed by atoms with Crippen molar-refractivity contribution in [2.75, 3.05) is 24.6 Å². The first kappa shape index (κ1) is 17.3. The summed E-state index contributed by atoms with van der Waals surface area (Å²) in [6.45, 7) is 4.75. The van der Waals surface area contributed by atoms with Crippen LogP contribution in [0.15, 0.2) is 42.6 Å². The minimum absolute atomic E-state index is 0.0186. The molecule has 1 amide bonds. The Bertz CT molecular complexity index is 677. The first-order chi connectivity index (χ1) is 12.2. The van der Waals surface area contributed by atoms with Gasteiger partial charge in [0.1, 0.15) is 11.6 Å². The smallest absolute Gasteiger partial charge is 0.258 e. The Labute approximate surface area is 149 Å². The van der Waals surface area contributed by atoms with Crippen molar-refractivity contribution in [1.29, 1.82) is 0 Å². The molecule has 1 aliphatic heterocycles. The normalized spacial score (nSPS) is 13.7. The van der Waals surface area contributed by atoms with Crippen LogP contribution < -0.4 is 15.0 Å². The van der Waals surface area contributed by atoms with Crippen molar-refractivity contribution in [3.8, 4) is 5.75 Å². The molecule has 2 heterocycles. The third-order valence-electron chi connectivity index (χ3n) is 4.43. The molecule has 1 fully saturated rings. The Balaban J connectivity index is 1.42. The molecule has 5 heteroatoms.